The second kappa shape index (κ2) is 58.7. The van der Waals surface area contributed by atoms with Crippen LogP contribution in [0.15, 0.2) is 12.2 Å². The highest BCUT2D eigenvalue weighted by molar-refractivity contribution is 5.71. The number of allylic oxidation sites excluding steroid dienone is 2. The molecule has 0 aromatic carbocycles. The SMILES string of the molecule is CCCC/C=C\CCCCCCCC(=O)OCC(COC(=O)CCCCCCCCCCCCCCCCCCCCCCCC)OC(=O)CCCCCCCCCCCCCCCCCCCC. The van der Waals surface area contributed by atoms with Gasteiger partial charge in [0.25, 0.3) is 0 Å². The predicted molar refractivity (Wildman–Crippen MR) is 298 cm³/mol. The number of hydrogen-bond donors (Lipinski definition) is 0. The number of hydrogen-bond acceptors (Lipinski definition) is 6. The standard InChI is InChI=1S/C63H120O6/c1-4-7-10-13-16-19-22-24-26-28-30-31-32-33-35-36-38-41-44-47-50-53-56-62(65)68-59-60(58-67-61(64)55-52-49-46-43-40-21-18-15-12-9-6-3)69-63(66)57-54-51-48-45-42-39-37-34-29-27-25-23-20-17-14-11-8-5-2/h15,18,60H,4-14,16-17,19-59H2,1-3H3/b18-15-. The van der Waals surface area contributed by atoms with Crippen molar-refractivity contribution in [3.8, 4) is 0 Å². The first-order valence-corrected chi connectivity index (χ1v) is 31.2. The van der Waals surface area contributed by atoms with Gasteiger partial charge in [-0.2, -0.15) is 0 Å². The molecule has 6 heteroatoms. The van der Waals surface area contributed by atoms with E-state index < -0.39 is 6.10 Å². The molecule has 1 unspecified atom stereocenters. The van der Waals surface area contributed by atoms with Crippen molar-refractivity contribution in [2.24, 2.45) is 0 Å². The van der Waals surface area contributed by atoms with Crippen LogP contribution in [0.5, 0.6) is 0 Å². The monoisotopic (exact) mass is 973 g/mol. The maximum absolute atomic E-state index is 12.9. The van der Waals surface area contributed by atoms with Gasteiger partial charge in [-0.05, 0) is 38.5 Å². The van der Waals surface area contributed by atoms with Gasteiger partial charge in [-0.25, -0.2) is 0 Å². The van der Waals surface area contributed by atoms with Crippen LogP contribution in [0.3, 0.4) is 0 Å². The van der Waals surface area contributed by atoms with Crippen LogP contribution in [-0.4, -0.2) is 37.2 Å². The topological polar surface area (TPSA) is 78.9 Å². The molecule has 0 N–H and O–H groups in total. The minimum atomic E-state index is -0.768. The maximum Gasteiger partial charge on any atom is 0.306 e. The highest BCUT2D eigenvalue weighted by Gasteiger charge is 2.19. The van der Waals surface area contributed by atoms with E-state index in [1.54, 1.807) is 0 Å². The third-order valence-electron chi connectivity index (χ3n) is 14.3. The van der Waals surface area contributed by atoms with Crippen LogP contribution in [0.4, 0.5) is 0 Å². The molecule has 0 amide bonds. The third kappa shape index (κ3) is 56.9. The van der Waals surface area contributed by atoms with E-state index in [-0.39, 0.29) is 31.1 Å². The van der Waals surface area contributed by atoms with Crippen molar-refractivity contribution in [2.45, 2.75) is 361 Å². The Labute approximate surface area is 431 Å². The van der Waals surface area contributed by atoms with Crippen molar-refractivity contribution in [1.82, 2.24) is 0 Å². The molecule has 0 fully saturated rings. The lowest BCUT2D eigenvalue weighted by molar-refractivity contribution is -0.167. The lowest BCUT2D eigenvalue weighted by Crippen LogP contribution is -2.30. The van der Waals surface area contributed by atoms with Gasteiger partial charge in [-0.3, -0.25) is 14.4 Å². The van der Waals surface area contributed by atoms with Gasteiger partial charge in [0.05, 0.1) is 0 Å². The van der Waals surface area contributed by atoms with Gasteiger partial charge in [-0.15, -0.1) is 0 Å². The van der Waals surface area contributed by atoms with Crippen LogP contribution in [0.25, 0.3) is 0 Å². The second-order valence-corrected chi connectivity index (χ2v) is 21.3. The van der Waals surface area contributed by atoms with Gasteiger partial charge >= 0.3 is 17.9 Å². The number of ether oxygens (including phenoxy) is 3. The molecule has 0 aliphatic carbocycles. The molecule has 1 atom stereocenters. The summed E-state index contributed by atoms with van der Waals surface area (Å²) in [6.45, 7) is 6.67. The molecule has 0 aromatic heterocycles. The molecule has 408 valence electrons. The lowest BCUT2D eigenvalue weighted by atomic mass is 10.0. The fourth-order valence-electron chi connectivity index (χ4n) is 9.55. The van der Waals surface area contributed by atoms with Crippen LogP contribution in [-0.2, 0) is 28.6 Å². The molecule has 0 spiro atoms. The van der Waals surface area contributed by atoms with Crippen molar-refractivity contribution in [3.05, 3.63) is 12.2 Å². The average Bonchev–Trinajstić information content (AvgIpc) is 3.35. The van der Waals surface area contributed by atoms with Crippen LogP contribution in [0, 0.1) is 0 Å². The zero-order valence-corrected chi connectivity index (χ0v) is 46.9. The van der Waals surface area contributed by atoms with E-state index in [1.165, 1.54) is 250 Å². The Balaban J connectivity index is 4.21. The number of carbonyl (C=O) groups is 3. The summed E-state index contributed by atoms with van der Waals surface area (Å²) in [6.07, 6.45) is 67.9. The minimum Gasteiger partial charge on any atom is -0.462 e. The molecular weight excluding hydrogens is 853 g/mol. The van der Waals surface area contributed by atoms with Gasteiger partial charge in [0.2, 0.25) is 0 Å². The van der Waals surface area contributed by atoms with Gasteiger partial charge in [0.15, 0.2) is 6.10 Å². The van der Waals surface area contributed by atoms with Crippen molar-refractivity contribution in [1.29, 1.82) is 0 Å². The normalized spacial score (nSPS) is 12.0. The Morgan fingerprint density at radius 3 is 0.768 bits per heavy atom. The largest absolute Gasteiger partial charge is 0.462 e. The number of esters is 3. The van der Waals surface area contributed by atoms with Crippen molar-refractivity contribution in [2.75, 3.05) is 13.2 Å². The van der Waals surface area contributed by atoms with Gasteiger partial charge in [-0.1, -0.05) is 309 Å². The first kappa shape index (κ1) is 67.1. The highest BCUT2D eigenvalue weighted by atomic mass is 16.6. The van der Waals surface area contributed by atoms with E-state index >= 15 is 0 Å². The van der Waals surface area contributed by atoms with E-state index in [2.05, 4.69) is 32.9 Å². The van der Waals surface area contributed by atoms with Crippen LogP contribution < -0.4 is 0 Å². The first-order valence-electron chi connectivity index (χ1n) is 31.2. The Bertz CT molecular complexity index is 1070. The number of rotatable bonds is 58. The molecule has 69 heavy (non-hydrogen) atoms. The summed E-state index contributed by atoms with van der Waals surface area (Å²) in [5.41, 5.74) is 0. The zero-order chi connectivity index (χ0) is 50.0. The first-order chi connectivity index (χ1) is 34.0. The Morgan fingerprint density at radius 2 is 0.493 bits per heavy atom. The van der Waals surface area contributed by atoms with E-state index in [0.717, 1.165) is 64.2 Å². The van der Waals surface area contributed by atoms with Crippen molar-refractivity contribution < 1.29 is 28.6 Å². The Morgan fingerprint density at radius 1 is 0.275 bits per heavy atom. The molecule has 0 heterocycles. The molecule has 0 aliphatic rings. The molecular formula is C63H120O6. The summed E-state index contributed by atoms with van der Waals surface area (Å²) >= 11 is 0. The number of carbonyl (C=O) groups excluding carboxylic acids is 3. The molecule has 0 saturated heterocycles. The van der Waals surface area contributed by atoms with Crippen LogP contribution in [0.2, 0.25) is 0 Å². The van der Waals surface area contributed by atoms with Crippen LogP contribution in [0.1, 0.15) is 355 Å². The maximum atomic E-state index is 12.9. The van der Waals surface area contributed by atoms with Crippen LogP contribution >= 0.6 is 0 Å². The Hall–Kier alpha value is -1.85. The van der Waals surface area contributed by atoms with E-state index in [9.17, 15) is 14.4 Å². The smallest absolute Gasteiger partial charge is 0.306 e. The van der Waals surface area contributed by atoms with Gasteiger partial charge in [0, 0.05) is 19.3 Å². The summed E-state index contributed by atoms with van der Waals surface area (Å²) in [5, 5.41) is 0. The summed E-state index contributed by atoms with van der Waals surface area (Å²) < 4.78 is 16.9. The van der Waals surface area contributed by atoms with E-state index in [0.29, 0.717) is 19.3 Å². The fraction of sp³-hybridized carbons (Fsp3) is 0.921. The second-order valence-electron chi connectivity index (χ2n) is 21.3. The van der Waals surface area contributed by atoms with E-state index in [1.807, 2.05) is 0 Å². The summed E-state index contributed by atoms with van der Waals surface area (Å²) in [4.78, 5) is 38.2. The lowest BCUT2D eigenvalue weighted by Gasteiger charge is -2.18. The van der Waals surface area contributed by atoms with Crippen molar-refractivity contribution in [3.63, 3.8) is 0 Å². The third-order valence-corrected chi connectivity index (χ3v) is 14.3. The fourth-order valence-corrected chi connectivity index (χ4v) is 9.55. The Kier molecular flexibility index (Phi) is 57.1. The molecule has 0 aliphatic heterocycles. The molecule has 0 aromatic rings. The van der Waals surface area contributed by atoms with E-state index in [4.69, 9.17) is 14.2 Å². The quantitative estimate of drug-likeness (QED) is 0.0261. The van der Waals surface area contributed by atoms with Gasteiger partial charge in [0.1, 0.15) is 13.2 Å². The summed E-state index contributed by atoms with van der Waals surface area (Å²) in [5.74, 6) is -0.849. The van der Waals surface area contributed by atoms with Crippen molar-refractivity contribution >= 4 is 17.9 Å². The van der Waals surface area contributed by atoms with Gasteiger partial charge < -0.3 is 14.2 Å². The molecule has 0 radical (unpaired) electrons. The predicted octanol–water partition coefficient (Wildman–Crippen LogP) is 20.9. The molecule has 6 nitrogen and oxygen atoms in total. The number of unbranched alkanes of at least 4 members (excludes halogenated alkanes) is 45. The zero-order valence-electron chi connectivity index (χ0n) is 46.9. The summed E-state index contributed by atoms with van der Waals surface area (Å²) in [6, 6.07) is 0. The average molecular weight is 974 g/mol. The minimum absolute atomic E-state index is 0.0663. The summed E-state index contributed by atoms with van der Waals surface area (Å²) in [7, 11) is 0. The molecule has 0 rings (SSSR count). The molecule has 0 saturated carbocycles. The molecule has 0 bridgehead atoms. The highest BCUT2D eigenvalue weighted by Crippen LogP contribution is 2.18.